The Morgan fingerprint density at radius 3 is 2.76 bits per heavy atom. The summed E-state index contributed by atoms with van der Waals surface area (Å²) in [6, 6.07) is 0. The molecule has 1 atom stereocenters. The average molecular weight is 245 g/mol. The summed E-state index contributed by atoms with van der Waals surface area (Å²) >= 11 is 0. The number of nitrogens with zero attached hydrogens (tertiary/aromatic N) is 1. The van der Waals surface area contributed by atoms with Gasteiger partial charge in [-0.2, -0.15) is 13.2 Å². The molecule has 0 amide bonds. The highest BCUT2D eigenvalue weighted by Crippen LogP contribution is 2.36. The Morgan fingerprint density at radius 2 is 2.18 bits per heavy atom. The van der Waals surface area contributed by atoms with Gasteiger partial charge >= 0.3 is 6.18 Å². The molecule has 0 bridgehead atoms. The minimum atomic E-state index is -4.45. The Morgan fingerprint density at radius 1 is 1.47 bits per heavy atom. The highest BCUT2D eigenvalue weighted by atomic mass is 19.4. The zero-order valence-electron chi connectivity index (χ0n) is 8.95. The van der Waals surface area contributed by atoms with E-state index in [0.29, 0.717) is 16.8 Å². The molecule has 17 heavy (non-hydrogen) atoms. The predicted molar refractivity (Wildman–Crippen MR) is 54.4 cm³/mol. The van der Waals surface area contributed by atoms with Gasteiger partial charge in [-0.1, -0.05) is 6.08 Å². The number of aryl methyl sites for hydroxylation is 1. The number of alkyl halides is 3. The van der Waals surface area contributed by atoms with Crippen LogP contribution in [0.1, 0.15) is 16.8 Å². The van der Waals surface area contributed by atoms with Crippen LogP contribution in [0.3, 0.4) is 0 Å². The summed E-state index contributed by atoms with van der Waals surface area (Å²) in [4.78, 5) is 3.89. The Labute approximate surface area is 95.5 Å². The van der Waals surface area contributed by atoms with Crippen molar-refractivity contribution in [2.24, 2.45) is 0 Å². The molecule has 0 saturated heterocycles. The molecule has 0 aliphatic carbocycles. The van der Waals surface area contributed by atoms with E-state index in [9.17, 15) is 13.2 Å². The third-order valence-corrected chi connectivity index (χ3v) is 2.51. The summed E-state index contributed by atoms with van der Waals surface area (Å²) in [7, 11) is 0. The van der Waals surface area contributed by atoms with Crippen LogP contribution in [-0.2, 0) is 6.61 Å². The maximum absolute atomic E-state index is 12.5. The smallest absolute Gasteiger partial charge is 0.429 e. The molecular weight excluding hydrogens is 235 g/mol. The van der Waals surface area contributed by atoms with E-state index in [4.69, 9.17) is 9.84 Å². The van der Waals surface area contributed by atoms with Crippen LogP contribution in [0.2, 0.25) is 0 Å². The third-order valence-electron chi connectivity index (χ3n) is 2.51. The van der Waals surface area contributed by atoms with E-state index in [-0.39, 0.29) is 12.4 Å². The van der Waals surface area contributed by atoms with Crippen LogP contribution >= 0.6 is 0 Å². The van der Waals surface area contributed by atoms with E-state index in [2.05, 4.69) is 4.98 Å². The van der Waals surface area contributed by atoms with Gasteiger partial charge < -0.3 is 9.84 Å². The summed E-state index contributed by atoms with van der Waals surface area (Å²) < 4.78 is 42.4. The van der Waals surface area contributed by atoms with E-state index in [1.807, 2.05) is 0 Å². The number of pyridine rings is 1. The SMILES string of the molecule is Cc1ncc(CO)c2c1OC(C(F)(F)F)C=C2. The van der Waals surface area contributed by atoms with Crippen LogP contribution in [-0.4, -0.2) is 22.4 Å². The predicted octanol–water partition coefficient (Wildman–Crippen LogP) is 2.22. The van der Waals surface area contributed by atoms with Gasteiger partial charge in [0.25, 0.3) is 0 Å². The first-order valence-electron chi connectivity index (χ1n) is 4.94. The first-order valence-corrected chi connectivity index (χ1v) is 4.94. The van der Waals surface area contributed by atoms with Crippen LogP contribution in [0, 0.1) is 6.92 Å². The minimum absolute atomic E-state index is 0.0846. The van der Waals surface area contributed by atoms with E-state index >= 15 is 0 Å². The lowest BCUT2D eigenvalue weighted by atomic mass is 10.0. The van der Waals surface area contributed by atoms with E-state index in [0.717, 1.165) is 6.08 Å². The molecule has 92 valence electrons. The van der Waals surface area contributed by atoms with E-state index in [1.165, 1.54) is 12.3 Å². The van der Waals surface area contributed by atoms with Crippen LogP contribution < -0.4 is 4.74 Å². The van der Waals surface area contributed by atoms with Gasteiger partial charge in [0.05, 0.1) is 12.3 Å². The molecule has 0 radical (unpaired) electrons. The third kappa shape index (κ3) is 2.12. The van der Waals surface area contributed by atoms with Gasteiger partial charge in [-0.3, -0.25) is 4.98 Å². The number of ether oxygens (including phenoxy) is 1. The van der Waals surface area contributed by atoms with Gasteiger partial charge in [0.1, 0.15) is 5.75 Å². The van der Waals surface area contributed by atoms with Crippen LogP contribution in [0.15, 0.2) is 12.3 Å². The van der Waals surface area contributed by atoms with Gasteiger partial charge in [0.2, 0.25) is 6.10 Å². The van der Waals surface area contributed by atoms with Crippen molar-refractivity contribution in [3.63, 3.8) is 0 Å². The van der Waals surface area contributed by atoms with E-state index in [1.54, 1.807) is 6.92 Å². The maximum Gasteiger partial charge on any atom is 0.429 e. The lowest BCUT2D eigenvalue weighted by Gasteiger charge is -2.25. The van der Waals surface area contributed by atoms with E-state index < -0.39 is 12.3 Å². The second-order valence-corrected chi connectivity index (χ2v) is 3.71. The van der Waals surface area contributed by atoms with Gasteiger partial charge in [-0.15, -0.1) is 0 Å². The Hall–Kier alpha value is -1.56. The number of hydrogen-bond donors (Lipinski definition) is 1. The fourth-order valence-corrected chi connectivity index (χ4v) is 1.63. The van der Waals surface area contributed by atoms with Crippen molar-refractivity contribution in [1.29, 1.82) is 0 Å². The Bertz CT molecular complexity index is 469. The monoisotopic (exact) mass is 245 g/mol. The number of halogens is 3. The maximum atomic E-state index is 12.5. The molecule has 0 saturated carbocycles. The van der Waals surface area contributed by atoms with Crippen molar-refractivity contribution in [1.82, 2.24) is 4.98 Å². The lowest BCUT2D eigenvalue weighted by molar-refractivity contribution is -0.180. The molecule has 1 aliphatic heterocycles. The fourth-order valence-electron chi connectivity index (χ4n) is 1.63. The van der Waals surface area contributed by atoms with Crippen molar-refractivity contribution in [2.45, 2.75) is 25.8 Å². The second kappa shape index (κ2) is 4.03. The first-order chi connectivity index (χ1) is 7.93. The highest BCUT2D eigenvalue weighted by Gasteiger charge is 2.42. The van der Waals surface area contributed by atoms with Crippen LogP contribution in [0.4, 0.5) is 13.2 Å². The lowest BCUT2D eigenvalue weighted by Crippen LogP contribution is -2.34. The number of fused-ring (bicyclic) bond motifs is 1. The number of hydrogen-bond acceptors (Lipinski definition) is 3. The molecule has 0 fully saturated rings. The Balaban J connectivity index is 2.45. The molecule has 1 unspecified atom stereocenters. The summed E-state index contributed by atoms with van der Waals surface area (Å²) in [5.41, 5.74) is 1.28. The van der Waals surface area contributed by atoms with Gasteiger partial charge in [0, 0.05) is 17.3 Å². The topological polar surface area (TPSA) is 42.4 Å². The zero-order valence-corrected chi connectivity index (χ0v) is 8.95. The van der Waals surface area contributed by atoms with Crippen molar-refractivity contribution >= 4 is 6.08 Å². The molecular formula is C11H10F3NO2. The molecule has 1 N–H and O–H groups in total. The van der Waals surface area contributed by atoms with Crippen molar-refractivity contribution < 1.29 is 23.0 Å². The van der Waals surface area contributed by atoms with Crippen molar-refractivity contribution in [2.75, 3.05) is 0 Å². The van der Waals surface area contributed by atoms with Gasteiger partial charge in [-0.25, -0.2) is 0 Å². The molecule has 1 aromatic rings. The summed E-state index contributed by atoms with van der Waals surface area (Å²) in [6.45, 7) is 1.27. The molecule has 1 aromatic heterocycles. The molecule has 1 aliphatic rings. The van der Waals surface area contributed by atoms with Gasteiger partial charge in [0.15, 0.2) is 0 Å². The summed E-state index contributed by atoms with van der Waals surface area (Å²) in [5, 5.41) is 9.06. The molecule has 2 heterocycles. The largest absolute Gasteiger partial charge is 0.474 e. The fraction of sp³-hybridized carbons (Fsp3) is 0.364. The molecule has 6 heteroatoms. The Kier molecular flexibility index (Phi) is 2.82. The summed E-state index contributed by atoms with van der Waals surface area (Å²) in [5.74, 6) is 0.0846. The molecule has 0 spiro atoms. The van der Waals surface area contributed by atoms with Crippen molar-refractivity contribution in [3.8, 4) is 5.75 Å². The quantitative estimate of drug-likeness (QED) is 0.824. The number of aromatic nitrogens is 1. The standard InChI is InChI=1S/C11H10F3NO2/c1-6-10-8(7(5-16)4-15-6)2-3-9(17-10)11(12,13)14/h2-4,9,16H,5H2,1H3. The summed E-state index contributed by atoms with van der Waals surface area (Å²) in [6.07, 6.45) is -2.73. The normalized spacial score (nSPS) is 18.8. The van der Waals surface area contributed by atoms with Gasteiger partial charge in [-0.05, 0) is 13.0 Å². The average Bonchev–Trinajstić information content (AvgIpc) is 2.28. The minimum Gasteiger partial charge on any atom is -0.474 e. The number of aliphatic hydroxyl groups excluding tert-OH is 1. The second-order valence-electron chi connectivity index (χ2n) is 3.71. The van der Waals surface area contributed by atoms with Crippen LogP contribution in [0.5, 0.6) is 5.75 Å². The molecule has 0 aromatic carbocycles. The highest BCUT2D eigenvalue weighted by molar-refractivity contribution is 5.64. The first kappa shape index (κ1) is 11.9. The number of rotatable bonds is 1. The molecule has 3 nitrogen and oxygen atoms in total. The molecule has 2 rings (SSSR count). The van der Waals surface area contributed by atoms with Crippen molar-refractivity contribution in [3.05, 3.63) is 29.1 Å². The van der Waals surface area contributed by atoms with Crippen LogP contribution in [0.25, 0.3) is 6.08 Å². The number of aliphatic hydroxyl groups is 1. The zero-order chi connectivity index (χ0) is 12.6.